The third kappa shape index (κ3) is 3.17. The first-order valence-electron chi connectivity index (χ1n) is 6.03. The van der Waals surface area contributed by atoms with Crippen molar-refractivity contribution < 1.29 is 28.6 Å². The van der Waals surface area contributed by atoms with E-state index in [0.29, 0.717) is 13.0 Å². The van der Waals surface area contributed by atoms with Crippen molar-refractivity contribution in [2.75, 3.05) is 20.2 Å². The molecule has 1 atom stereocenters. The van der Waals surface area contributed by atoms with Crippen molar-refractivity contribution in [2.45, 2.75) is 12.5 Å². The number of carbonyl (C=O) groups is 2. The topological polar surface area (TPSA) is 76.1 Å². The Labute approximate surface area is 114 Å². The number of ether oxygens (including phenoxy) is 2. The van der Waals surface area contributed by atoms with Gasteiger partial charge in [-0.15, -0.1) is 0 Å². The molecule has 2 rings (SSSR count). The van der Waals surface area contributed by atoms with Gasteiger partial charge < -0.3 is 19.5 Å². The number of nitrogens with zero attached hydrogens (tertiary/aromatic N) is 1. The Morgan fingerprint density at radius 2 is 2.15 bits per heavy atom. The van der Waals surface area contributed by atoms with E-state index in [4.69, 9.17) is 9.84 Å². The molecule has 0 aliphatic carbocycles. The second kappa shape index (κ2) is 5.77. The normalized spacial score (nSPS) is 17.9. The Hall–Kier alpha value is -2.31. The van der Waals surface area contributed by atoms with E-state index in [2.05, 4.69) is 4.74 Å². The fraction of sp³-hybridized carbons (Fsp3) is 0.385. The lowest BCUT2D eigenvalue weighted by Crippen LogP contribution is -2.29. The van der Waals surface area contributed by atoms with Crippen molar-refractivity contribution in [1.29, 1.82) is 0 Å². The second-order valence-electron chi connectivity index (χ2n) is 4.42. The van der Waals surface area contributed by atoms with Gasteiger partial charge in [0.1, 0.15) is 17.7 Å². The Morgan fingerprint density at radius 3 is 2.75 bits per heavy atom. The first kappa shape index (κ1) is 14.1. The highest BCUT2D eigenvalue weighted by Crippen LogP contribution is 2.21. The van der Waals surface area contributed by atoms with Crippen LogP contribution in [0.5, 0.6) is 5.75 Å². The number of hydrogen-bond donors (Lipinski definition) is 1. The largest absolute Gasteiger partial charge is 0.488 e. The smallest absolute Gasteiger partial charge is 0.407 e. The van der Waals surface area contributed by atoms with Gasteiger partial charge in [0.25, 0.3) is 0 Å². The Balaban J connectivity index is 2.08. The quantitative estimate of drug-likeness (QED) is 0.855. The second-order valence-corrected chi connectivity index (χ2v) is 4.42. The predicted molar refractivity (Wildman–Crippen MR) is 66.4 cm³/mol. The zero-order valence-corrected chi connectivity index (χ0v) is 10.8. The summed E-state index contributed by atoms with van der Waals surface area (Å²) < 4.78 is 23.4. The number of methoxy groups -OCH3 is 1. The molecule has 1 aromatic rings. The Kier molecular flexibility index (Phi) is 4.07. The van der Waals surface area contributed by atoms with Crippen molar-refractivity contribution >= 4 is 12.1 Å². The van der Waals surface area contributed by atoms with Crippen molar-refractivity contribution in [1.82, 2.24) is 4.90 Å². The van der Waals surface area contributed by atoms with Crippen LogP contribution in [-0.2, 0) is 4.74 Å². The summed E-state index contributed by atoms with van der Waals surface area (Å²) in [6, 6.07) is 3.57. The number of halogens is 1. The highest BCUT2D eigenvalue weighted by molar-refractivity contribution is 5.89. The lowest BCUT2D eigenvalue weighted by atomic mass is 10.2. The Morgan fingerprint density at radius 1 is 1.40 bits per heavy atom. The zero-order chi connectivity index (χ0) is 14.7. The molecule has 1 N–H and O–H groups in total. The average Bonchev–Trinajstić information content (AvgIpc) is 2.85. The van der Waals surface area contributed by atoms with Crippen LogP contribution in [-0.4, -0.2) is 48.4 Å². The van der Waals surface area contributed by atoms with Crippen molar-refractivity contribution in [3.63, 3.8) is 0 Å². The molecule has 0 radical (unpaired) electrons. The van der Waals surface area contributed by atoms with Gasteiger partial charge in [0, 0.05) is 19.0 Å². The van der Waals surface area contributed by atoms with Gasteiger partial charge in [-0.25, -0.2) is 14.0 Å². The standard InChI is InChI=1S/C13H14FNO5/c1-19-12(16)8-4-9(14)6-11(5-8)20-10-2-3-15(7-10)13(17)18/h4-6,10H,2-3,7H2,1H3,(H,17,18)/t10-/m1/s1. The summed E-state index contributed by atoms with van der Waals surface area (Å²) in [6.45, 7) is 0.596. The number of esters is 1. The maximum Gasteiger partial charge on any atom is 0.407 e. The highest BCUT2D eigenvalue weighted by Gasteiger charge is 2.27. The van der Waals surface area contributed by atoms with Crippen LogP contribution >= 0.6 is 0 Å². The van der Waals surface area contributed by atoms with Crippen LogP contribution in [0.2, 0.25) is 0 Å². The molecule has 7 heteroatoms. The number of hydrogen-bond acceptors (Lipinski definition) is 4. The van der Waals surface area contributed by atoms with Crippen LogP contribution in [0.1, 0.15) is 16.8 Å². The van der Waals surface area contributed by atoms with E-state index in [1.807, 2.05) is 0 Å². The monoisotopic (exact) mass is 283 g/mol. The van der Waals surface area contributed by atoms with E-state index in [1.165, 1.54) is 18.1 Å². The van der Waals surface area contributed by atoms with Crippen LogP contribution in [0.4, 0.5) is 9.18 Å². The average molecular weight is 283 g/mol. The number of likely N-dealkylation sites (tertiary alicyclic amines) is 1. The molecule has 20 heavy (non-hydrogen) atoms. The molecule has 1 aliphatic rings. The van der Waals surface area contributed by atoms with Gasteiger partial charge in [-0.1, -0.05) is 0 Å². The summed E-state index contributed by atoms with van der Waals surface area (Å²) in [4.78, 5) is 23.4. The van der Waals surface area contributed by atoms with Gasteiger partial charge in [-0.2, -0.15) is 0 Å². The lowest BCUT2D eigenvalue weighted by Gasteiger charge is -2.15. The van der Waals surface area contributed by atoms with Crippen LogP contribution in [0.25, 0.3) is 0 Å². The molecule has 6 nitrogen and oxygen atoms in total. The third-order valence-corrected chi connectivity index (χ3v) is 3.01. The number of carbonyl (C=O) groups excluding carboxylic acids is 1. The first-order chi connectivity index (χ1) is 9.49. The molecule has 1 aromatic carbocycles. The number of amides is 1. The van der Waals surface area contributed by atoms with Crippen molar-refractivity contribution in [3.8, 4) is 5.75 Å². The van der Waals surface area contributed by atoms with E-state index in [9.17, 15) is 14.0 Å². The molecule has 0 aromatic heterocycles. The molecule has 0 unspecified atom stereocenters. The van der Waals surface area contributed by atoms with Gasteiger partial charge in [0.05, 0.1) is 19.2 Å². The number of carboxylic acid groups (broad SMARTS) is 1. The summed E-state index contributed by atoms with van der Waals surface area (Å²) in [6.07, 6.45) is -0.833. The van der Waals surface area contributed by atoms with Crippen LogP contribution in [0.3, 0.4) is 0 Å². The number of benzene rings is 1. The minimum Gasteiger partial charge on any atom is -0.488 e. The maximum absolute atomic E-state index is 13.4. The predicted octanol–water partition coefficient (Wildman–Crippen LogP) is 1.74. The molecular weight excluding hydrogens is 269 g/mol. The minimum atomic E-state index is -1.01. The zero-order valence-electron chi connectivity index (χ0n) is 10.8. The summed E-state index contributed by atoms with van der Waals surface area (Å²) in [7, 11) is 1.20. The first-order valence-corrected chi connectivity index (χ1v) is 6.03. The van der Waals surface area contributed by atoms with Gasteiger partial charge >= 0.3 is 12.1 Å². The molecule has 0 spiro atoms. The van der Waals surface area contributed by atoms with E-state index >= 15 is 0 Å². The SMILES string of the molecule is COC(=O)c1cc(F)cc(O[C@@H]2CCN(C(=O)O)C2)c1. The van der Waals surface area contributed by atoms with E-state index in [0.717, 1.165) is 12.1 Å². The fourth-order valence-corrected chi connectivity index (χ4v) is 2.06. The molecule has 1 amide bonds. The molecule has 1 fully saturated rings. The summed E-state index contributed by atoms with van der Waals surface area (Å²) in [5.41, 5.74) is 0.0515. The molecular formula is C13H14FNO5. The molecule has 108 valence electrons. The fourth-order valence-electron chi connectivity index (χ4n) is 2.06. The van der Waals surface area contributed by atoms with Crippen LogP contribution < -0.4 is 4.74 Å². The Bertz CT molecular complexity index is 533. The summed E-state index contributed by atoms with van der Waals surface area (Å²) in [5, 5.41) is 8.84. The molecule has 0 saturated carbocycles. The third-order valence-electron chi connectivity index (χ3n) is 3.01. The van der Waals surface area contributed by atoms with E-state index in [-0.39, 0.29) is 24.0 Å². The van der Waals surface area contributed by atoms with E-state index in [1.54, 1.807) is 0 Å². The molecule has 1 saturated heterocycles. The van der Waals surface area contributed by atoms with Gasteiger partial charge in [0.15, 0.2) is 0 Å². The molecule has 0 bridgehead atoms. The van der Waals surface area contributed by atoms with Gasteiger partial charge in [0.2, 0.25) is 0 Å². The summed E-state index contributed by atoms with van der Waals surface area (Å²) >= 11 is 0. The van der Waals surface area contributed by atoms with Crippen molar-refractivity contribution in [3.05, 3.63) is 29.6 Å². The number of rotatable bonds is 3. The van der Waals surface area contributed by atoms with Gasteiger partial charge in [-0.05, 0) is 12.1 Å². The van der Waals surface area contributed by atoms with Gasteiger partial charge in [-0.3, -0.25) is 0 Å². The lowest BCUT2D eigenvalue weighted by molar-refractivity contribution is 0.0599. The van der Waals surface area contributed by atoms with Crippen molar-refractivity contribution in [2.24, 2.45) is 0 Å². The molecule has 1 heterocycles. The minimum absolute atomic E-state index is 0.0515. The maximum atomic E-state index is 13.4. The van der Waals surface area contributed by atoms with Crippen LogP contribution in [0, 0.1) is 5.82 Å². The highest BCUT2D eigenvalue weighted by atomic mass is 19.1. The molecule has 1 aliphatic heterocycles. The van der Waals surface area contributed by atoms with Crippen LogP contribution in [0.15, 0.2) is 18.2 Å². The van der Waals surface area contributed by atoms with E-state index < -0.39 is 17.9 Å². The summed E-state index contributed by atoms with van der Waals surface area (Å²) in [5.74, 6) is -1.09.